The summed E-state index contributed by atoms with van der Waals surface area (Å²) in [5.74, 6) is 0. The topological polar surface area (TPSA) is 70.0 Å². The number of anilines is 1. The largest absolute Gasteiger partial charge is 0.279 e. The van der Waals surface area contributed by atoms with E-state index in [4.69, 9.17) is 5.26 Å². The van der Waals surface area contributed by atoms with Gasteiger partial charge in [-0.3, -0.25) is 4.72 Å². The molecular formula is C12H10N2O2S2. The summed E-state index contributed by atoms with van der Waals surface area (Å²) in [4.78, 5) is 0.932. The first-order valence-corrected chi connectivity index (χ1v) is 7.41. The van der Waals surface area contributed by atoms with E-state index in [2.05, 4.69) is 4.72 Å². The van der Waals surface area contributed by atoms with Gasteiger partial charge in [-0.1, -0.05) is 6.07 Å². The van der Waals surface area contributed by atoms with E-state index >= 15 is 0 Å². The van der Waals surface area contributed by atoms with E-state index in [-0.39, 0.29) is 4.21 Å². The van der Waals surface area contributed by atoms with Crippen molar-refractivity contribution in [1.82, 2.24) is 0 Å². The predicted octanol–water partition coefficient (Wildman–Crippen LogP) is 2.73. The van der Waals surface area contributed by atoms with Crippen LogP contribution in [0.5, 0.6) is 0 Å². The third kappa shape index (κ3) is 2.70. The Morgan fingerprint density at radius 3 is 2.67 bits per heavy atom. The molecule has 0 aliphatic heterocycles. The Morgan fingerprint density at radius 2 is 2.06 bits per heavy atom. The standard InChI is InChI=1S/C12H10N2O2S2/c1-9-5-6-12(17-9)18(15,16)14-11-4-2-3-10(7-11)8-13/h2-7,14H,1H3. The molecule has 0 bridgehead atoms. The normalized spacial score (nSPS) is 10.9. The molecule has 92 valence electrons. The van der Waals surface area contributed by atoms with Crippen molar-refractivity contribution in [2.75, 3.05) is 4.72 Å². The molecule has 0 aliphatic rings. The predicted molar refractivity (Wildman–Crippen MR) is 71.0 cm³/mol. The van der Waals surface area contributed by atoms with Crippen LogP contribution in [-0.2, 0) is 10.0 Å². The highest BCUT2D eigenvalue weighted by molar-refractivity contribution is 7.94. The van der Waals surface area contributed by atoms with Crippen molar-refractivity contribution in [1.29, 1.82) is 5.26 Å². The second-order valence-corrected chi connectivity index (χ2v) is 6.86. The number of benzene rings is 1. The number of nitrogens with one attached hydrogen (secondary N) is 1. The van der Waals surface area contributed by atoms with E-state index in [0.717, 1.165) is 4.88 Å². The highest BCUT2D eigenvalue weighted by atomic mass is 32.2. The number of sulfonamides is 1. The van der Waals surface area contributed by atoms with Crippen molar-refractivity contribution in [3.8, 4) is 6.07 Å². The van der Waals surface area contributed by atoms with Gasteiger partial charge in [-0.2, -0.15) is 5.26 Å². The third-order valence-corrected chi connectivity index (χ3v) is 5.10. The summed E-state index contributed by atoms with van der Waals surface area (Å²) in [5, 5.41) is 8.76. The van der Waals surface area contributed by atoms with Crippen LogP contribution in [0.4, 0.5) is 5.69 Å². The average Bonchev–Trinajstić information content (AvgIpc) is 2.76. The van der Waals surface area contributed by atoms with Gasteiger partial charge in [0.1, 0.15) is 4.21 Å². The molecule has 0 unspecified atom stereocenters. The van der Waals surface area contributed by atoms with Gasteiger partial charge in [0, 0.05) is 4.88 Å². The van der Waals surface area contributed by atoms with Gasteiger partial charge in [0.15, 0.2) is 0 Å². The molecule has 0 spiro atoms. The van der Waals surface area contributed by atoms with Crippen LogP contribution in [0, 0.1) is 18.3 Å². The van der Waals surface area contributed by atoms with E-state index in [0.29, 0.717) is 11.3 Å². The molecule has 0 saturated carbocycles. The molecule has 1 aromatic carbocycles. The van der Waals surface area contributed by atoms with Crippen LogP contribution in [0.25, 0.3) is 0 Å². The number of thiophene rings is 1. The van der Waals surface area contributed by atoms with Crippen molar-refractivity contribution in [3.63, 3.8) is 0 Å². The summed E-state index contributed by atoms with van der Waals surface area (Å²) >= 11 is 1.21. The lowest BCUT2D eigenvalue weighted by atomic mass is 10.2. The maximum atomic E-state index is 12.0. The van der Waals surface area contributed by atoms with Gasteiger partial charge in [0.2, 0.25) is 0 Å². The molecule has 0 radical (unpaired) electrons. The van der Waals surface area contributed by atoms with Crippen molar-refractivity contribution < 1.29 is 8.42 Å². The summed E-state index contributed by atoms with van der Waals surface area (Å²) < 4.78 is 26.8. The molecule has 0 fully saturated rings. The molecule has 1 aromatic heterocycles. The van der Waals surface area contributed by atoms with Crippen LogP contribution in [0.3, 0.4) is 0 Å². The van der Waals surface area contributed by atoms with Gasteiger partial charge < -0.3 is 0 Å². The molecule has 0 saturated heterocycles. The monoisotopic (exact) mass is 278 g/mol. The van der Waals surface area contributed by atoms with Crippen molar-refractivity contribution in [3.05, 3.63) is 46.8 Å². The van der Waals surface area contributed by atoms with E-state index in [1.54, 1.807) is 30.3 Å². The number of rotatable bonds is 3. The molecule has 0 aliphatic carbocycles. The van der Waals surface area contributed by atoms with Crippen molar-refractivity contribution >= 4 is 27.0 Å². The lowest BCUT2D eigenvalue weighted by molar-refractivity contribution is 0.603. The fourth-order valence-corrected chi connectivity index (χ4v) is 3.75. The molecular weight excluding hydrogens is 268 g/mol. The Morgan fingerprint density at radius 1 is 1.28 bits per heavy atom. The maximum Gasteiger partial charge on any atom is 0.271 e. The first-order valence-electron chi connectivity index (χ1n) is 5.11. The Balaban J connectivity index is 2.31. The van der Waals surface area contributed by atoms with Gasteiger partial charge in [-0.05, 0) is 37.3 Å². The molecule has 1 heterocycles. The first kappa shape index (κ1) is 12.6. The highest BCUT2D eigenvalue weighted by Gasteiger charge is 2.16. The fraction of sp³-hybridized carbons (Fsp3) is 0.0833. The Bertz CT molecular complexity index is 712. The fourth-order valence-electron chi connectivity index (χ4n) is 1.41. The second kappa shape index (κ2) is 4.80. The van der Waals surface area contributed by atoms with Gasteiger partial charge in [-0.15, -0.1) is 11.3 Å². The second-order valence-electron chi connectivity index (χ2n) is 3.66. The number of hydrogen-bond donors (Lipinski definition) is 1. The van der Waals surface area contributed by atoms with Crippen LogP contribution in [0.1, 0.15) is 10.4 Å². The Kier molecular flexibility index (Phi) is 3.36. The lowest BCUT2D eigenvalue weighted by Crippen LogP contribution is -2.11. The van der Waals surface area contributed by atoms with Crippen LogP contribution in [0.2, 0.25) is 0 Å². The summed E-state index contributed by atoms with van der Waals surface area (Å²) in [6.45, 7) is 1.85. The minimum Gasteiger partial charge on any atom is -0.279 e. The molecule has 0 amide bonds. The van der Waals surface area contributed by atoms with E-state index in [9.17, 15) is 8.42 Å². The van der Waals surface area contributed by atoms with Crippen molar-refractivity contribution in [2.24, 2.45) is 0 Å². The number of nitriles is 1. The van der Waals surface area contributed by atoms with Gasteiger partial charge >= 0.3 is 0 Å². The molecule has 2 rings (SSSR count). The Labute approximate surface area is 110 Å². The number of aryl methyl sites for hydroxylation is 1. The zero-order valence-corrected chi connectivity index (χ0v) is 11.2. The zero-order valence-electron chi connectivity index (χ0n) is 9.54. The Hall–Kier alpha value is -1.84. The minimum absolute atomic E-state index is 0.266. The van der Waals surface area contributed by atoms with E-state index < -0.39 is 10.0 Å². The highest BCUT2D eigenvalue weighted by Crippen LogP contribution is 2.23. The summed E-state index contributed by atoms with van der Waals surface area (Å²) in [6.07, 6.45) is 0. The van der Waals surface area contributed by atoms with Gasteiger partial charge in [-0.25, -0.2) is 8.42 Å². The third-order valence-electron chi connectivity index (χ3n) is 2.22. The summed E-state index contributed by atoms with van der Waals surface area (Å²) in [7, 11) is -3.56. The minimum atomic E-state index is -3.56. The quantitative estimate of drug-likeness (QED) is 0.938. The molecule has 18 heavy (non-hydrogen) atoms. The molecule has 1 N–H and O–H groups in total. The van der Waals surface area contributed by atoms with Crippen LogP contribution in [0.15, 0.2) is 40.6 Å². The van der Waals surface area contributed by atoms with E-state index in [1.165, 1.54) is 17.4 Å². The van der Waals surface area contributed by atoms with Crippen LogP contribution >= 0.6 is 11.3 Å². The lowest BCUT2D eigenvalue weighted by Gasteiger charge is -2.05. The molecule has 2 aromatic rings. The van der Waals surface area contributed by atoms with Gasteiger partial charge in [0.25, 0.3) is 10.0 Å². The smallest absolute Gasteiger partial charge is 0.271 e. The maximum absolute atomic E-state index is 12.0. The van der Waals surface area contributed by atoms with Gasteiger partial charge in [0.05, 0.1) is 17.3 Å². The van der Waals surface area contributed by atoms with Crippen LogP contribution < -0.4 is 4.72 Å². The number of hydrogen-bond acceptors (Lipinski definition) is 4. The summed E-state index contributed by atoms with van der Waals surface area (Å²) in [6, 6.07) is 11.6. The summed E-state index contributed by atoms with van der Waals surface area (Å²) in [5.41, 5.74) is 0.803. The average molecular weight is 278 g/mol. The molecule has 6 heteroatoms. The zero-order chi connectivity index (χ0) is 13.2. The molecule has 4 nitrogen and oxygen atoms in total. The van der Waals surface area contributed by atoms with E-state index in [1.807, 2.05) is 13.0 Å². The van der Waals surface area contributed by atoms with Crippen molar-refractivity contribution in [2.45, 2.75) is 11.1 Å². The van der Waals surface area contributed by atoms with Crippen LogP contribution in [-0.4, -0.2) is 8.42 Å². The SMILES string of the molecule is Cc1ccc(S(=O)(=O)Nc2cccc(C#N)c2)s1. The first-order chi connectivity index (χ1) is 8.51. The molecule has 0 atom stereocenters. The number of nitrogens with zero attached hydrogens (tertiary/aromatic N) is 1.